The van der Waals surface area contributed by atoms with E-state index in [1.54, 1.807) is 0 Å². The maximum absolute atomic E-state index is 13.1. The van der Waals surface area contributed by atoms with Crippen LogP contribution in [0.1, 0.15) is 56.9 Å². The summed E-state index contributed by atoms with van der Waals surface area (Å²) >= 11 is 0. The first-order valence-corrected chi connectivity index (χ1v) is 13.3. The van der Waals surface area contributed by atoms with Crippen molar-refractivity contribution in [3.8, 4) is 5.75 Å². The number of carbonyl (C=O) groups is 5. The molecular formula is C26H42N6O8. The number of aliphatic carboxylic acids is 2. The Hall–Kier alpha value is -3.75. The number of carbonyl (C=O) groups excluding carboxylic acids is 3. The fraction of sp³-hybridized carbons (Fsp3) is 0.577. The summed E-state index contributed by atoms with van der Waals surface area (Å²) in [6.07, 6.45) is 1.90. The standard InChI is InChI=1S/C26H42N6O8/c27-13-3-1-5-18(29)23(36)30-20(11-12-22(34)35)25(38)31-19(6-2-4-14-28)24(37)32-21(26(39)40)15-16-7-9-17(33)10-8-16/h7-10,18-21,33H,1-6,11-15,27-29H2,(H,30,36)(H,31,38)(H,32,37)(H,34,35)(H,39,40). The van der Waals surface area contributed by atoms with Crippen molar-refractivity contribution in [2.75, 3.05) is 13.1 Å². The summed E-state index contributed by atoms with van der Waals surface area (Å²) in [5.74, 6) is -4.70. The summed E-state index contributed by atoms with van der Waals surface area (Å²) in [7, 11) is 0. The predicted molar refractivity (Wildman–Crippen MR) is 146 cm³/mol. The van der Waals surface area contributed by atoms with Crippen molar-refractivity contribution in [3.63, 3.8) is 0 Å². The quantitative estimate of drug-likeness (QED) is 0.0857. The summed E-state index contributed by atoms with van der Waals surface area (Å²) in [6, 6.07) is 1.09. The lowest BCUT2D eigenvalue weighted by atomic mass is 10.0. The van der Waals surface area contributed by atoms with Crippen molar-refractivity contribution >= 4 is 29.7 Å². The van der Waals surface area contributed by atoms with Crippen molar-refractivity contribution in [1.82, 2.24) is 16.0 Å². The number of hydrogen-bond donors (Lipinski definition) is 9. The van der Waals surface area contributed by atoms with Crippen molar-refractivity contribution in [3.05, 3.63) is 29.8 Å². The van der Waals surface area contributed by atoms with Gasteiger partial charge in [-0.1, -0.05) is 18.6 Å². The number of hydrogen-bond acceptors (Lipinski definition) is 9. The fourth-order valence-electron chi connectivity index (χ4n) is 3.83. The predicted octanol–water partition coefficient (Wildman–Crippen LogP) is -1.08. The first-order valence-electron chi connectivity index (χ1n) is 13.3. The number of nitrogens with two attached hydrogens (primary N) is 3. The highest BCUT2D eigenvalue weighted by Gasteiger charge is 2.30. The second-order valence-electron chi connectivity index (χ2n) is 9.50. The van der Waals surface area contributed by atoms with E-state index in [4.69, 9.17) is 22.3 Å². The van der Waals surface area contributed by atoms with Crippen LogP contribution in [0, 0.1) is 0 Å². The minimum atomic E-state index is -1.33. The van der Waals surface area contributed by atoms with Crippen LogP contribution in [0.15, 0.2) is 24.3 Å². The number of carboxylic acids is 2. The Balaban J connectivity index is 3.02. The topological polar surface area (TPSA) is 260 Å². The maximum Gasteiger partial charge on any atom is 0.326 e. The van der Waals surface area contributed by atoms with Crippen LogP contribution in [0.3, 0.4) is 0 Å². The molecule has 1 rings (SSSR count). The Bertz CT molecular complexity index is 974. The Morgan fingerprint density at radius 3 is 1.73 bits per heavy atom. The number of aromatic hydroxyl groups is 1. The summed E-state index contributed by atoms with van der Waals surface area (Å²) in [5, 5.41) is 35.6. The number of rotatable bonds is 20. The molecule has 0 aliphatic heterocycles. The molecule has 0 aromatic heterocycles. The normalized spacial score (nSPS) is 13.9. The van der Waals surface area contributed by atoms with Gasteiger partial charge in [-0.15, -0.1) is 0 Å². The second kappa shape index (κ2) is 18.5. The molecule has 4 atom stereocenters. The molecule has 0 spiro atoms. The second-order valence-corrected chi connectivity index (χ2v) is 9.50. The Morgan fingerprint density at radius 1 is 0.700 bits per heavy atom. The molecule has 0 bridgehead atoms. The van der Waals surface area contributed by atoms with Gasteiger partial charge in [-0.2, -0.15) is 0 Å². The monoisotopic (exact) mass is 566 g/mol. The van der Waals surface area contributed by atoms with E-state index in [2.05, 4.69) is 16.0 Å². The van der Waals surface area contributed by atoms with Gasteiger partial charge < -0.3 is 48.5 Å². The summed E-state index contributed by atoms with van der Waals surface area (Å²) in [4.78, 5) is 61.9. The van der Waals surface area contributed by atoms with E-state index in [-0.39, 0.29) is 25.0 Å². The highest BCUT2D eigenvalue weighted by Crippen LogP contribution is 2.12. The molecule has 224 valence electrons. The summed E-state index contributed by atoms with van der Waals surface area (Å²) in [5.41, 5.74) is 17.5. The van der Waals surface area contributed by atoms with Gasteiger partial charge in [-0.05, 0) is 69.3 Å². The van der Waals surface area contributed by atoms with Crippen LogP contribution in [0.4, 0.5) is 0 Å². The fourth-order valence-corrected chi connectivity index (χ4v) is 3.83. The molecule has 1 aromatic rings. The third-order valence-corrected chi connectivity index (χ3v) is 6.16. The molecule has 0 radical (unpaired) electrons. The molecule has 4 unspecified atom stereocenters. The highest BCUT2D eigenvalue weighted by molar-refractivity contribution is 5.94. The van der Waals surface area contributed by atoms with Crippen LogP contribution >= 0.6 is 0 Å². The lowest BCUT2D eigenvalue weighted by molar-refractivity contribution is -0.142. The SMILES string of the molecule is NCCCCC(N)C(=O)NC(CCC(=O)O)C(=O)NC(CCCCN)C(=O)NC(Cc1ccc(O)cc1)C(=O)O. The van der Waals surface area contributed by atoms with Crippen LogP contribution in [-0.2, 0) is 30.4 Å². The van der Waals surface area contributed by atoms with Crippen LogP contribution in [0.25, 0.3) is 0 Å². The number of nitrogens with one attached hydrogen (secondary N) is 3. The van der Waals surface area contributed by atoms with Crippen molar-refractivity contribution in [2.24, 2.45) is 17.2 Å². The molecule has 40 heavy (non-hydrogen) atoms. The van der Waals surface area contributed by atoms with Crippen LogP contribution < -0.4 is 33.2 Å². The first kappa shape index (κ1) is 34.3. The summed E-state index contributed by atoms with van der Waals surface area (Å²) < 4.78 is 0. The number of carboxylic acid groups (broad SMARTS) is 2. The van der Waals surface area contributed by atoms with Gasteiger partial charge in [0.05, 0.1) is 6.04 Å². The first-order chi connectivity index (χ1) is 19.0. The van der Waals surface area contributed by atoms with Crippen LogP contribution in [0.5, 0.6) is 5.75 Å². The zero-order valence-corrected chi connectivity index (χ0v) is 22.5. The minimum absolute atomic E-state index is 0.00315. The Labute approximate surface area is 233 Å². The van der Waals surface area contributed by atoms with E-state index in [1.807, 2.05) is 0 Å². The third-order valence-electron chi connectivity index (χ3n) is 6.16. The molecule has 14 nitrogen and oxygen atoms in total. The average Bonchev–Trinajstić information content (AvgIpc) is 2.90. The van der Waals surface area contributed by atoms with E-state index >= 15 is 0 Å². The molecule has 0 fully saturated rings. The lowest BCUT2D eigenvalue weighted by Gasteiger charge is -2.25. The van der Waals surface area contributed by atoms with E-state index < -0.39 is 60.2 Å². The number of phenols is 1. The molecule has 0 aliphatic rings. The average molecular weight is 567 g/mol. The van der Waals surface area contributed by atoms with Gasteiger partial charge in [0.25, 0.3) is 0 Å². The van der Waals surface area contributed by atoms with Gasteiger partial charge in [0, 0.05) is 12.8 Å². The lowest BCUT2D eigenvalue weighted by Crippen LogP contribution is -2.57. The van der Waals surface area contributed by atoms with E-state index in [0.29, 0.717) is 50.8 Å². The Kier molecular flexibility index (Phi) is 15.9. The summed E-state index contributed by atoms with van der Waals surface area (Å²) in [6.45, 7) is 0.767. The van der Waals surface area contributed by atoms with Gasteiger partial charge in [0.2, 0.25) is 17.7 Å². The van der Waals surface area contributed by atoms with Crippen LogP contribution in [-0.4, -0.2) is 82.2 Å². The molecule has 14 heteroatoms. The molecular weight excluding hydrogens is 524 g/mol. The van der Waals surface area contributed by atoms with Gasteiger partial charge in [0.1, 0.15) is 23.9 Å². The zero-order valence-electron chi connectivity index (χ0n) is 22.5. The van der Waals surface area contributed by atoms with Gasteiger partial charge in [-0.25, -0.2) is 4.79 Å². The number of phenolic OH excluding ortho intramolecular Hbond substituents is 1. The molecule has 3 amide bonds. The molecule has 0 saturated carbocycles. The van der Waals surface area contributed by atoms with Gasteiger partial charge in [-0.3, -0.25) is 19.2 Å². The van der Waals surface area contributed by atoms with E-state index in [1.165, 1.54) is 24.3 Å². The smallest absolute Gasteiger partial charge is 0.326 e. The van der Waals surface area contributed by atoms with Gasteiger partial charge >= 0.3 is 11.9 Å². The minimum Gasteiger partial charge on any atom is -0.508 e. The van der Waals surface area contributed by atoms with E-state index in [9.17, 15) is 34.2 Å². The number of unbranched alkanes of at least 4 members (excludes halogenated alkanes) is 2. The third kappa shape index (κ3) is 13.4. The molecule has 0 saturated heterocycles. The van der Waals surface area contributed by atoms with Gasteiger partial charge in [0.15, 0.2) is 0 Å². The number of benzene rings is 1. The van der Waals surface area contributed by atoms with Crippen LogP contribution in [0.2, 0.25) is 0 Å². The van der Waals surface area contributed by atoms with Crippen molar-refractivity contribution < 1.29 is 39.3 Å². The highest BCUT2D eigenvalue weighted by atomic mass is 16.4. The number of amides is 3. The molecule has 12 N–H and O–H groups in total. The van der Waals surface area contributed by atoms with Crippen molar-refractivity contribution in [1.29, 1.82) is 0 Å². The van der Waals surface area contributed by atoms with Crippen molar-refractivity contribution in [2.45, 2.75) is 82.0 Å². The molecule has 0 heterocycles. The largest absolute Gasteiger partial charge is 0.508 e. The molecule has 1 aromatic carbocycles. The Morgan fingerprint density at radius 2 is 1.20 bits per heavy atom. The van der Waals surface area contributed by atoms with E-state index in [0.717, 1.165) is 0 Å². The zero-order chi connectivity index (χ0) is 30.1. The maximum atomic E-state index is 13.1. The molecule has 0 aliphatic carbocycles.